The van der Waals surface area contributed by atoms with Crippen molar-refractivity contribution in [3.63, 3.8) is 0 Å². The first-order valence-electron chi connectivity index (χ1n) is 8.61. The Balaban J connectivity index is 1.50. The largest absolute Gasteiger partial charge is 0.368 e. The van der Waals surface area contributed by atoms with Crippen LogP contribution >= 0.6 is 27.7 Å². The minimum atomic E-state index is -0.333. The van der Waals surface area contributed by atoms with Crippen molar-refractivity contribution < 1.29 is 4.39 Å². The molecule has 12 heteroatoms. The van der Waals surface area contributed by atoms with Gasteiger partial charge in [-0.15, -0.1) is 10.2 Å². The van der Waals surface area contributed by atoms with Crippen LogP contribution in [0.4, 0.5) is 22.0 Å². The summed E-state index contributed by atoms with van der Waals surface area (Å²) in [7, 11) is 0. The first kappa shape index (κ1) is 20.0. The van der Waals surface area contributed by atoms with E-state index in [4.69, 9.17) is 11.6 Å². The van der Waals surface area contributed by atoms with Crippen LogP contribution in [0.5, 0.6) is 0 Å². The van der Waals surface area contributed by atoms with Crippen molar-refractivity contribution in [2.24, 2.45) is 0 Å². The summed E-state index contributed by atoms with van der Waals surface area (Å²) in [4.78, 5) is 12.5. The van der Waals surface area contributed by atoms with Crippen LogP contribution in [0, 0.1) is 5.82 Å². The van der Waals surface area contributed by atoms with Gasteiger partial charge in [0.15, 0.2) is 5.82 Å². The highest BCUT2D eigenvalue weighted by molar-refractivity contribution is 9.10. The molecule has 30 heavy (non-hydrogen) atoms. The van der Waals surface area contributed by atoms with Gasteiger partial charge in [0.2, 0.25) is 17.1 Å². The predicted octanol–water partition coefficient (Wildman–Crippen LogP) is 3.36. The van der Waals surface area contributed by atoms with Crippen LogP contribution in [0.15, 0.2) is 58.2 Å². The number of rotatable bonds is 6. The van der Waals surface area contributed by atoms with E-state index in [2.05, 4.69) is 46.4 Å². The Morgan fingerprint density at radius 1 is 1.03 bits per heavy atom. The zero-order chi connectivity index (χ0) is 21.1. The molecule has 0 spiro atoms. The predicted molar refractivity (Wildman–Crippen MR) is 117 cm³/mol. The number of thioether (sulfide) groups is 1. The molecule has 0 atom stereocenters. The van der Waals surface area contributed by atoms with Crippen molar-refractivity contribution in [1.29, 1.82) is 0 Å². The summed E-state index contributed by atoms with van der Waals surface area (Å²) in [6.45, 7) is 0. The Hall–Kier alpha value is -3.25. The van der Waals surface area contributed by atoms with Crippen LogP contribution in [0.1, 0.15) is 5.82 Å². The van der Waals surface area contributed by atoms with Gasteiger partial charge in [-0.2, -0.15) is 15.0 Å². The molecule has 0 saturated heterocycles. The molecule has 2 aromatic heterocycles. The molecule has 0 radical (unpaired) electrons. The van der Waals surface area contributed by atoms with Gasteiger partial charge >= 0.3 is 0 Å². The lowest BCUT2D eigenvalue weighted by molar-refractivity contribution is 0.628. The van der Waals surface area contributed by atoms with E-state index in [0.29, 0.717) is 28.2 Å². The number of nitrogens with one attached hydrogen (secondary N) is 1. The lowest BCUT2D eigenvalue weighted by Gasteiger charge is -2.07. The lowest BCUT2D eigenvalue weighted by Crippen LogP contribution is -2.12. The standard InChI is InChI=1S/C18H15BrFN9S/c19-13-4-2-1-3-12(13)15-27-28-18(29(15)22)30-9-14-24-16(21)26-17(25-14)23-11-7-5-10(20)6-8-11/h1-8H,9,22H2,(H3,21,23,24,25,26). The fraction of sp³-hybridized carbons (Fsp3) is 0.0556. The van der Waals surface area contributed by atoms with Crippen molar-refractivity contribution in [2.75, 3.05) is 16.9 Å². The maximum Gasteiger partial charge on any atom is 0.232 e. The van der Waals surface area contributed by atoms with Gasteiger partial charge in [-0.05, 0) is 36.4 Å². The van der Waals surface area contributed by atoms with E-state index in [1.807, 2.05) is 24.3 Å². The summed E-state index contributed by atoms with van der Waals surface area (Å²) in [5.41, 5.74) is 7.25. The molecule has 0 aliphatic heterocycles. The van der Waals surface area contributed by atoms with Crippen LogP contribution in [-0.4, -0.2) is 29.8 Å². The van der Waals surface area contributed by atoms with E-state index in [-0.39, 0.29) is 17.7 Å². The van der Waals surface area contributed by atoms with Crippen molar-refractivity contribution in [2.45, 2.75) is 10.9 Å². The monoisotopic (exact) mass is 487 g/mol. The molecule has 0 aliphatic rings. The average molecular weight is 488 g/mol. The zero-order valence-electron chi connectivity index (χ0n) is 15.3. The second-order valence-electron chi connectivity index (χ2n) is 6.01. The Kier molecular flexibility index (Phi) is 5.77. The minimum Gasteiger partial charge on any atom is -0.368 e. The second kappa shape index (κ2) is 8.63. The van der Waals surface area contributed by atoms with Crippen LogP contribution in [0.2, 0.25) is 0 Å². The summed E-state index contributed by atoms with van der Waals surface area (Å²) in [5.74, 6) is 7.46. The number of halogens is 2. The molecular formula is C18H15BrFN9S. The first-order chi connectivity index (χ1) is 14.5. The normalized spacial score (nSPS) is 10.9. The van der Waals surface area contributed by atoms with Gasteiger partial charge in [-0.25, -0.2) is 9.07 Å². The highest BCUT2D eigenvalue weighted by Gasteiger charge is 2.15. The molecule has 9 nitrogen and oxygen atoms in total. The number of anilines is 3. The maximum atomic E-state index is 13.1. The summed E-state index contributed by atoms with van der Waals surface area (Å²) >= 11 is 4.80. The van der Waals surface area contributed by atoms with Gasteiger partial charge in [0.05, 0.1) is 5.75 Å². The SMILES string of the molecule is Nc1nc(CSc2nnc(-c3ccccc3Br)n2N)nc(Nc2ccc(F)cc2)n1. The smallest absolute Gasteiger partial charge is 0.232 e. The van der Waals surface area contributed by atoms with E-state index in [1.54, 1.807) is 12.1 Å². The van der Waals surface area contributed by atoms with Crippen molar-refractivity contribution in [1.82, 2.24) is 29.8 Å². The van der Waals surface area contributed by atoms with Gasteiger partial charge in [-0.3, -0.25) is 0 Å². The molecule has 0 bridgehead atoms. The van der Waals surface area contributed by atoms with Gasteiger partial charge in [0, 0.05) is 15.7 Å². The minimum absolute atomic E-state index is 0.0633. The number of hydrogen-bond donors (Lipinski definition) is 3. The van der Waals surface area contributed by atoms with Gasteiger partial charge in [-0.1, -0.05) is 39.8 Å². The molecule has 152 valence electrons. The number of nitrogens with two attached hydrogens (primary N) is 2. The van der Waals surface area contributed by atoms with E-state index < -0.39 is 0 Å². The maximum absolute atomic E-state index is 13.1. The van der Waals surface area contributed by atoms with Gasteiger partial charge in [0.1, 0.15) is 11.6 Å². The number of hydrogen-bond acceptors (Lipinski definition) is 9. The summed E-state index contributed by atoms with van der Waals surface area (Å²) in [6, 6.07) is 13.4. The van der Waals surface area contributed by atoms with Crippen LogP contribution < -0.4 is 16.9 Å². The van der Waals surface area contributed by atoms with Crippen molar-refractivity contribution in [3.8, 4) is 11.4 Å². The second-order valence-corrected chi connectivity index (χ2v) is 7.81. The molecule has 4 rings (SSSR count). The number of aromatic nitrogens is 6. The Morgan fingerprint density at radius 2 is 1.80 bits per heavy atom. The van der Waals surface area contributed by atoms with Crippen molar-refractivity contribution >= 4 is 45.3 Å². The summed E-state index contributed by atoms with van der Waals surface area (Å²) in [6.07, 6.45) is 0. The topological polar surface area (TPSA) is 133 Å². The highest BCUT2D eigenvalue weighted by Crippen LogP contribution is 2.28. The Morgan fingerprint density at radius 3 is 2.57 bits per heavy atom. The average Bonchev–Trinajstić information content (AvgIpc) is 3.08. The third-order valence-corrected chi connectivity index (χ3v) is 5.54. The molecule has 2 aromatic carbocycles. The number of nitrogen functional groups attached to an aromatic ring is 2. The van der Waals surface area contributed by atoms with Gasteiger partial charge < -0.3 is 16.9 Å². The van der Waals surface area contributed by atoms with Gasteiger partial charge in [0.25, 0.3) is 0 Å². The molecule has 4 aromatic rings. The lowest BCUT2D eigenvalue weighted by atomic mass is 10.2. The molecular weight excluding hydrogens is 473 g/mol. The van der Waals surface area contributed by atoms with E-state index in [9.17, 15) is 4.39 Å². The van der Waals surface area contributed by atoms with Crippen LogP contribution in [0.3, 0.4) is 0 Å². The summed E-state index contributed by atoms with van der Waals surface area (Å²) in [5, 5.41) is 11.8. The Bertz CT molecular complexity index is 1180. The molecule has 0 saturated carbocycles. The molecule has 0 amide bonds. The van der Waals surface area contributed by atoms with Crippen LogP contribution in [-0.2, 0) is 5.75 Å². The highest BCUT2D eigenvalue weighted by atomic mass is 79.9. The first-order valence-corrected chi connectivity index (χ1v) is 10.4. The molecule has 0 unspecified atom stereocenters. The van der Waals surface area contributed by atoms with E-state index in [0.717, 1.165) is 10.0 Å². The van der Waals surface area contributed by atoms with E-state index in [1.165, 1.54) is 28.6 Å². The third-order valence-electron chi connectivity index (χ3n) is 3.91. The summed E-state index contributed by atoms with van der Waals surface area (Å²) < 4.78 is 15.3. The number of benzene rings is 2. The fourth-order valence-corrected chi connectivity index (χ4v) is 3.73. The molecule has 2 heterocycles. The van der Waals surface area contributed by atoms with Crippen molar-refractivity contribution in [3.05, 3.63) is 64.6 Å². The fourth-order valence-electron chi connectivity index (χ4n) is 2.55. The number of nitrogens with zero attached hydrogens (tertiary/aromatic N) is 6. The molecule has 0 aliphatic carbocycles. The zero-order valence-corrected chi connectivity index (χ0v) is 17.7. The van der Waals surface area contributed by atoms with Crippen LogP contribution in [0.25, 0.3) is 11.4 Å². The Labute approximate surface area is 183 Å². The quantitative estimate of drug-likeness (QED) is 0.276. The third kappa shape index (κ3) is 4.49. The molecule has 5 N–H and O–H groups in total. The van der Waals surface area contributed by atoms with E-state index >= 15 is 0 Å². The molecule has 0 fully saturated rings.